The summed E-state index contributed by atoms with van der Waals surface area (Å²) >= 11 is 1.21. The molecule has 0 aromatic heterocycles. The molecule has 1 aliphatic rings. The zero-order valence-electron chi connectivity index (χ0n) is 13.5. The van der Waals surface area contributed by atoms with Crippen LogP contribution in [-0.2, 0) is 4.79 Å². The summed E-state index contributed by atoms with van der Waals surface area (Å²) in [5.74, 6) is 0.0204. The summed E-state index contributed by atoms with van der Waals surface area (Å²) < 4.78 is 10.9. The maximum atomic E-state index is 12.4. The molecule has 2 N–H and O–H groups in total. The molecule has 0 fully saturated rings. The van der Waals surface area contributed by atoms with E-state index in [0.717, 1.165) is 0 Å². The molecule has 1 aliphatic heterocycles. The van der Waals surface area contributed by atoms with Crippen molar-refractivity contribution in [3.63, 3.8) is 0 Å². The number of carboxylic acid groups (broad SMARTS) is 1. The largest absolute Gasteiger partial charge is 0.486 e. The highest BCUT2D eigenvalue weighted by atomic mass is 32.2. The van der Waals surface area contributed by atoms with Gasteiger partial charge >= 0.3 is 5.97 Å². The highest BCUT2D eigenvalue weighted by Crippen LogP contribution is 2.33. The Labute approximate surface area is 149 Å². The Morgan fingerprint density at radius 3 is 2.60 bits per heavy atom. The predicted octanol–water partition coefficient (Wildman–Crippen LogP) is 3.28. The summed E-state index contributed by atoms with van der Waals surface area (Å²) in [5, 5.41) is 11.6. The summed E-state index contributed by atoms with van der Waals surface area (Å²) in [6.45, 7) is 2.72. The van der Waals surface area contributed by atoms with E-state index in [9.17, 15) is 14.7 Å². The number of carboxylic acids is 1. The Hall–Kier alpha value is -2.67. The first-order valence-electron chi connectivity index (χ1n) is 7.74. The lowest BCUT2D eigenvalue weighted by Gasteiger charge is -2.19. The number of benzene rings is 2. The molecule has 0 spiro atoms. The summed E-state index contributed by atoms with van der Waals surface area (Å²) in [6.07, 6.45) is 0. The Kier molecular flexibility index (Phi) is 5.14. The summed E-state index contributed by atoms with van der Waals surface area (Å²) in [6, 6.07) is 11.8. The lowest BCUT2D eigenvalue weighted by molar-refractivity contribution is -0.115. The summed E-state index contributed by atoms with van der Waals surface area (Å²) in [5.41, 5.74) is 0.791. The Balaban J connectivity index is 1.68. The topological polar surface area (TPSA) is 84.9 Å². The average molecular weight is 359 g/mol. The zero-order chi connectivity index (χ0) is 17.8. The number of hydrogen-bond acceptors (Lipinski definition) is 5. The van der Waals surface area contributed by atoms with E-state index in [1.54, 1.807) is 43.3 Å². The van der Waals surface area contributed by atoms with Gasteiger partial charge in [0.05, 0.1) is 10.8 Å². The van der Waals surface area contributed by atoms with Gasteiger partial charge in [-0.1, -0.05) is 12.1 Å². The van der Waals surface area contributed by atoms with Gasteiger partial charge in [-0.25, -0.2) is 4.79 Å². The lowest BCUT2D eigenvalue weighted by Crippen LogP contribution is -2.23. The SMILES string of the molecule is CC(Sc1ccccc1C(=O)O)C(=O)Nc1ccc2c(c1)OCCO2. The maximum Gasteiger partial charge on any atom is 0.336 e. The number of carbonyl (C=O) groups is 2. The smallest absolute Gasteiger partial charge is 0.336 e. The molecule has 0 saturated heterocycles. The van der Waals surface area contributed by atoms with Crippen molar-refractivity contribution in [1.82, 2.24) is 0 Å². The van der Waals surface area contributed by atoms with Gasteiger partial charge in [0.15, 0.2) is 11.5 Å². The van der Waals surface area contributed by atoms with Gasteiger partial charge in [-0.05, 0) is 31.2 Å². The van der Waals surface area contributed by atoms with E-state index in [4.69, 9.17) is 9.47 Å². The highest BCUT2D eigenvalue weighted by molar-refractivity contribution is 8.00. The molecule has 1 atom stereocenters. The van der Waals surface area contributed by atoms with Crippen LogP contribution in [0.25, 0.3) is 0 Å². The van der Waals surface area contributed by atoms with Crippen molar-refractivity contribution in [3.05, 3.63) is 48.0 Å². The molecule has 2 aromatic carbocycles. The van der Waals surface area contributed by atoms with Crippen LogP contribution in [0.3, 0.4) is 0 Å². The second-order valence-electron chi connectivity index (χ2n) is 5.41. The molecule has 25 heavy (non-hydrogen) atoms. The van der Waals surface area contributed by atoms with Crippen molar-refractivity contribution in [2.24, 2.45) is 0 Å². The number of rotatable bonds is 5. The maximum absolute atomic E-state index is 12.4. The highest BCUT2D eigenvalue weighted by Gasteiger charge is 2.19. The van der Waals surface area contributed by atoms with Crippen LogP contribution < -0.4 is 14.8 Å². The second kappa shape index (κ2) is 7.48. The predicted molar refractivity (Wildman–Crippen MR) is 94.8 cm³/mol. The van der Waals surface area contributed by atoms with Gasteiger partial charge < -0.3 is 19.9 Å². The number of ether oxygens (including phenoxy) is 2. The van der Waals surface area contributed by atoms with Crippen molar-refractivity contribution >= 4 is 29.3 Å². The third kappa shape index (κ3) is 4.06. The minimum Gasteiger partial charge on any atom is -0.486 e. The number of aromatic carboxylic acids is 1. The number of amides is 1. The fraction of sp³-hybridized carbons (Fsp3) is 0.222. The summed E-state index contributed by atoms with van der Waals surface area (Å²) in [7, 11) is 0. The number of carbonyl (C=O) groups excluding carboxylic acids is 1. The van der Waals surface area contributed by atoms with E-state index >= 15 is 0 Å². The van der Waals surface area contributed by atoms with E-state index in [-0.39, 0.29) is 11.5 Å². The van der Waals surface area contributed by atoms with Gasteiger partial charge in [0.1, 0.15) is 13.2 Å². The molecule has 0 saturated carbocycles. The van der Waals surface area contributed by atoms with Gasteiger partial charge in [0, 0.05) is 16.6 Å². The van der Waals surface area contributed by atoms with Crippen LogP contribution in [0.1, 0.15) is 17.3 Å². The van der Waals surface area contributed by atoms with Crippen LogP contribution in [0.5, 0.6) is 11.5 Å². The van der Waals surface area contributed by atoms with E-state index in [2.05, 4.69) is 5.32 Å². The molecular weight excluding hydrogens is 342 g/mol. The zero-order valence-corrected chi connectivity index (χ0v) is 14.3. The van der Waals surface area contributed by atoms with Crippen LogP contribution >= 0.6 is 11.8 Å². The fourth-order valence-electron chi connectivity index (χ4n) is 2.36. The minimum absolute atomic E-state index is 0.187. The number of hydrogen-bond donors (Lipinski definition) is 2. The monoisotopic (exact) mass is 359 g/mol. The molecular formula is C18H17NO5S. The van der Waals surface area contributed by atoms with Gasteiger partial charge in [-0.3, -0.25) is 4.79 Å². The number of thioether (sulfide) groups is 1. The Morgan fingerprint density at radius 1 is 1.12 bits per heavy atom. The molecule has 0 aliphatic carbocycles. The van der Waals surface area contributed by atoms with Gasteiger partial charge in [-0.15, -0.1) is 11.8 Å². The first-order valence-corrected chi connectivity index (χ1v) is 8.62. The van der Waals surface area contributed by atoms with Crippen LogP contribution in [0.15, 0.2) is 47.4 Å². The number of nitrogens with one attached hydrogen (secondary N) is 1. The number of anilines is 1. The van der Waals surface area contributed by atoms with Crippen molar-refractivity contribution < 1.29 is 24.2 Å². The second-order valence-corrected chi connectivity index (χ2v) is 6.79. The minimum atomic E-state index is -1.01. The molecule has 1 unspecified atom stereocenters. The van der Waals surface area contributed by atoms with E-state index in [1.165, 1.54) is 17.8 Å². The molecule has 1 heterocycles. The quantitative estimate of drug-likeness (QED) is 0.797. The molecule has 0 bridgehead atoms. The lowest BCUT2D eigenvalue weighted by atomic mass is 10.2. The summed E-state index contributed by atoms with van der Waals surface area (Å²) in [4.78, 5) is 24.2. The van der Waals surface area contributed by atoms with Crippen molar-refractivity contribution in [2.75, 3.05) is 18.5 Å². The molecule has 7 heteroatoms. The van der Waals surface area contributed by atoms with Crippen molar-refractivity contribution in [1.29, 1.82) is 0 Å². The average Bonchev–Trinajstić information content (AvgIpc) is 2.61. The molecule has 3 rings (SSSR count). The van der Waals surface area contributed by atoms with Gasteiger partial charge in [0.2, 0.25) is 5.91 Å². The molecule has 1 amide bonds. The Morgan fingerprint density at radius 2 is 1.84 bits per heavy atom. The van der Waals surface area contributed by atoms with Gasteiger partial charge in [0.25, 0.3) is 0 Å². The number of fused-ring (bicyclic) bond motifs is 1. The molecule has 6 nitrogen and oxygen atoms in total. The molecule has 130 valence electrons. The van der Waals surface area contributed by atoms with E-state index < -0.39 is 11.2 Å². The third-order valence-corrected chi connectivity index (χ3v) is 4.78. The third-order valence-electron chi connectivity index (χ3n) is 3.60. The van der Waals surface area contributed by atoms with Crippen LogP contribution in [0.2, 0.25) is 0 Å². The van der Waals surface area contributed by atoms with E-state index in [1.807, 2.05) is 0 Å². The first-order chi connectivity index (χ1) is 12.0. The first kappa shape index (κ1) is 17.2. The fourth-order valence-corrected chi connectivity index (χ4v) is 3.34. The van der Waals surface area contributed by atoms with Crippen LogP contribution in [0.4, 0.5) is 5.69 Å². The van der Waals surface area contributed by atoms with Crippen LogP contribution in [0, 0.1) is 0 Å². The normalized spacial score (nSPS) is 13.8. The standard InChI is InChI=1S/C18H17NO5S/c1-11(25-16-5-3-2-4-13(16)18(21)22)17(20)19-12-6-7-14-15(10-12)24-9-8-23-14/h2-7,10-11H,8-9H2,1H3,(H,19,20)(H,21,22). The van der Waals surface area contributed by atoms with Crippen molar-refractivity contribution in [2.45, 2.75) is 17.1 Å². The molecule has 0 radical (unpaired) electrons. The van der Waals surface area contributed by atoms with Gasteiger partial charge in [-0.2, -0.15) is 0 Å². The van der Waals surface area contributed by atoms with Crippen molar-refractivity contribution in [3.8, 4) is 11.5 Å². The molecule has 2 aromatic rings. The van der Waals surface area contributed by atoms with E-state index in [0.29, 0.717) is 35.3 Å². The van der Waals surface area contributed by atoms with Crippen LogP contribution in [-0.4, -0.2) is 35.4 Å². The Bertz CT molecular complexity index is 808.